The Labute approximate surface area is 325 Å². The zero-order valence-electron chi connectivity index (χ0n) is 34.0. The van der Waals surface area contributed by atoms with Crippen molar-refractivity contribution in [1.82, 2.24) is 0 Å². The number of carbonyl (C=O) groups excluding carboxylic acids is 1. The maximum atomic E-state index is 11.4. The van der Waals surface area contributed by atoms with Gasteiger partial charge in [-0.2, -0.15) is 0 Å². The van der Waals surface area contributed by atoms with E-state index >= 15 is 0 Å². The highest BCUT2D eigenvalue weighted by molar-refractivity contribution is 6.63. The largest absolute Gasteiger partial charge is 0.495 e. The van der Waals surface area contributed by atoms with E-state index in [1.807, 2.05) is 107 Å². The summed E-state index contributed by atoms with van der Waals surface area (Å²) in [5.74, 6) is 0.0427. The number of hydrogen-bond donors (Lipinski definition) is 4. The lowest BCUT2D eigenvalue weighted by Gasteiger charge is -2.32. The lowest BCUT2D eigenvalue weighted by molar-refractivity contribution is -0.383. The molecule has 4 heterocycles. The third-order valence-electron chi connectivity index (χ3n) is 11.7. The van der Waals surface area contributed by atoms with Crippen LogP contribution in [0.15, 0.2) is 54.6 Å². The molecule has 55 heavy (non-hydrogen) atoms. The van der Waals surface area contributed by atoms with Crippen LogP contribution in [-0.4, -0.2) is 65.8 Å². The highest BCUT2D eigenvalue weighted by Gasteiger charge is 2.54. The first-order chi connectivity index (χ1) is 25.2. The molecule has 17 heteroatoms. The van der Waals surface area contributed by atoms with Crippen LogP contribution in [0.3, 0.4) is 0 Å². The topological polar surface area (TPSA) is 206 Å². The fourth-order valence-corrected chi connectivity index (χ4v) is 5.94. The molecule has 0 aliphatic carbocycles. The Hall–Kier alpha value is -4.12. The molecular weight excluding hydrogens is 703 g/mol. The van der Waals surface area contributed by atoms with Gasteiger partial charge < -0.3 is 50.4 Å². The third-order valence-corrected chi connectivity index (χ3v) is 11.7. The zero-order chi connectivity index (χ0) is 41.1. The van der Waals surface area contributed by atoms with Gasteiger partial charge in [0.2, 0.25) is 5.91 Å². The predicted molar refractivity (Wildman–Crippen MR) is 219 cm³/mol. The minimum absolute atomic E-state index is 0.0427. The molecule has 0 unspecified atom stereocenters. The predicted octanol–water partition coefficient (Wildman–Crippen LogP) is 4.11. The van der Waals surface area contributed by atoms with Gasteiger partial charge in [-0.3, -0.25) is 14.9 Å². The highest BCUT2D eigenvalue weighted by atomic mass is 16.7. The van der Waals surface area contributed by atoms with Crippen LogP contribution in [0.1, 0.15) is 88.6 Å². The lowest BCUT2D eigenvalue weighted by atomic mass is 9.78. The Morgan fingerprint density at radius 1 is 0.564 bits per heavy atom. The standard InChI is InChI=1S/C14H18BNO3.C12H17BN2O4.C12H19BN2O2/c1-13(2)14(3,4)19-15(18-13)10-5-6-11-9(7-10)8-12(17)16-11;1-11(2)12(3,4)19-13(18-11)8-5-6-9(14)10(7-8)15(16)17;1-11(2)12(3,4)17-13(16-11)8-5-6-9(14)10(15)7-8/h5-7H,8H2,1-4H3,(H,16,17);5-7H,14H2,1-4H3;5-7H,14-15H2,1-4H3. The first-order valence-electron chi connectivity index (χ1n) is 18.3. The number of rotatable bonds is 4. The number of nitrogens with one attached hydrogen (secondary N) is 1. The fourth-order valence-electron chi connectivity index (χ4n) is 5.94. The van der Waals surface area contributed by atoms with E-state index in [4.69, 9.17) is 45.1 Å². The van der Waals surface area contributed by atoms with Gasteiger partial charge in [-0.15, -0.1) is 0 Å². The van der Waals surface area contributed by atoms with Gasteiger partial charge in [-0.25, -0.2) is 0 Å². The molecule has 0 bridgehead atoms. The van der Waals surface area contributed by atoms with Crippen molar-refractivity contribution < 1.29 is 37.6 Å². The zero-order valence-corrected chi connectivity index (χ0v) is 34.0. The first kappa shape index (κ1) is 42.0. The van der Waals surface area contributed by atoms with Crippen LogP contribution in [0.5, 0.6) is 0 Å². The van der Waals surface area contributed by atoms with Gasteiger partial charge in [0, 0.05) is 11.8 Å². The molecule has 0 spiro atoms. The number of hydrogen-bond acceptors (Lipinski definition) is 12. The first-order valence-corrected chi connectivity index (χ1v) is 18.3. The second-order valence-electron chi connectivity index (χ2n) is 17.4. The summed E-state index contributed by atoms with van der Waals surface area (Å²) in [7, 11) is -1.38. The molecule has 0 saturated carbocycles. The summed E-state index contributed by atoms with van der Waals surface area (Å²) in [5, 5.41) is 13.7. The molecule has 14 nitrogen and oxygen atoms in total. The molecule has 7 rings (SSSR count). The fraction of sp³-hybridized carbons (Fsp3) is 0.500. The monoisotopic (exact) mass is 757 g/mol. The number of anilines is 4. The third kappa shape index (κ3) is 8.52. The van der Waals surface area contributed by atoms with Crippen LogP contribution in [-0.2, 0) is 39.1 Å². The molecule has 3 saturated heterocycles. The minimum atomic E-state index is -0.621. The maximum absolute atomic E-state index is 11.4. The quantitative estimate of drug-likeness (QED) is 0.129. The second-order valence-corrected chi connectivity index (χ2v) is 17.4. The Morgan fingerprint density at radius 2 is 0.927 bits per heavy atom. The van der Waals surface area contributed by atoms with Crippen molar-refractivity contribution in [2.24, 2.45) is 0 Å². The van der Waals surface area contributed by atoms with Gasteiger partial charge >= 0.3 is 21.4 Å². The van der Waals surface area contributed by atoms with E-state index < -0.39 is 23.2 Å². The van der Waals surface area contributed by atoms with Crippen molar-refractivity contribution in [1.29, 1.82) is 0 Å². The molecule has 3 fully saturated rings. The van der Waals surface area contributed by atoms with E-state index in [0.29, 0.717) is 23.3 Å². The van der Waals surface area contributed by atoms with Crippen LogP contribution in [0.25, 0.3) is 0 Å². The number of nitrogens with zero attached hydrogens (tertiary/aromatic N) is 1. The molecular formula is C38H54B3N5O9. The summed E-state index contributed by atoms with van der Waals surface area (Å²) in [5.41, 5.74) is 20.2. The van der Waals surface area contributed by atoms with E-state index in [1.165, 1.54) is 12.1 Å². The van der Waals surface area contributed by atoms with Gasteiger partial charge in [0.25, 0.3) is 5.69 Å². The number of benzene rings is 3. The molecule has 1 amide bonds. The van der Waals surface area contributed by atoms with Gasteiger partial charge in [0.05, 0.1) is 56.3 Å². The van der Waals surface area contributed by atoms with Crippen LogP contribution < -0.4 is 38.9 Å². The highest BCUT2D eigenvalue weighted by Crippen LogP contribution is 2.39. The normalized spacial score (nSPS) is 21.9. The van der Waals surface area contributed by atoms with Crippen molar-refractivity contribution in [3.05, 3.63) is 70.3 Å². The summed E-state index contributed by atoms with van der Waals surface area (Å²) in [6.07, 6.45) is 0.433. The molecule has 4 aliphatic rings. The molecule has 7 N–H and O–H groups in total. The second kappa shape index (κ2) is 14.4. The summed E-state index contributed by atoms with van der Waals surface area (Å²) in [6, 6.07) is 15.9. The van der Waals surface area contributed by atoms with Crippen LogP contribution in [0.2, 0.25) is 0 Å². The Morgan fingerprint density at radius 3 is 1.33 bits per heavy atom. The molecule has 0 aromatic heterocycles. The average molecular weight is 757 g/mol. The van der Waals surface area contributed by atoms with Crippen molar-refractivity contribution in [3.63, 3.8) is 0 Å². The van der Waals surface area contributed by atoms with Crippen LogP contribution >= 0.6 is 0 Å². The van der Waals surface area contributed by atoms with Crippen molar-refractivity contribution in [3.8, 4) is 0 Å². The minimum Gasteiger partial charge on any atom is -0.399 e. The van der Waals surface area contributed by atoms with E-state index in [1.54, 1.807) is 18.2 Å². The Bertz CT molecular complexity index is 1920. The van der Waals surface area contributed by atoms with E-state index in [0.717, 1.165) is 22.2 Å². The number of carbonyl (C=O) groups is 1. The number of nitro benzene ring substituents is 1. The van der Waals surface area contributed by atoms with Gasteiger partial charge in [0.15, 0.2) is 0 Å². The average Bonchev–Trinajstić information content (AvgIpc) is 3.68. The summed E-state index contributed by atoms with van der Waals surface area (Å²) in [4.78, 5) is 21.7. The number of nitrogens with two attached hydrogens (primary N) is 3. The van der Waals surface area contributed by atoms with Gasteiger partial charge in [0.1, 0.15) is 5.69 Å². The van der Waals surface area contributed by atoms with Gasteiger partial charge in [-0.1, -0.05) is 24.3 Å². The van der Waals surface area contributed by atoms with Crippen LogP contribution in [0, 0.1) is 10.1 Å². The summed E-state index contributed by atoms with van der Waals surface area (Å²) in [6.45, 7) is 23.9. The molecule has 0 radical (unpaired) electrons. The van der Waals surface area contributed by atoms with E-state index in [-0.39, 0.29) is 53.9 Å². The van der Waals surface area contributed by atoms with Crippen molar-refractivity contribution in [2.45, 2.75) is 123 Å². The molecule has 3 aromatic rings. The number of fused-ring (bicyclic) bond motifs is 1. The van der Waals surface area contributed by atoms with E-state index in [9.17, 15) is 14.9 Å². The van der Waals surface area contributed by atoms with Crippen LogP contribution in [0.4, 0.5) is 28.4 Å². The SMILES string of the molecule is CC1(C)OB(c2ccc(N)c(N)c2)OC1(C)C.CC1(C)OB(c2ccc(N)c([N+](=O)[O-])c2)OC1(C)C.CC1(C)OB(c2ccc3c(c2)CC(=O)N3)OC1(C)C. The Kier molecular flexibility index (Phi) is 11.0. The Balaban J connectivity index is 0.000000159. The number of nitrogen functional groups attached to an aromatic ring is 3. The maximum Gasteiger partial charge on any atom is 0.495 e. The molecule has 294 valence electrons. The van der Waals surface area contributed by atoms with Gasteiger partial charge in [-0.05, 0) is 129 Å². The summed E-state index contributed by atoms with van der Waals surface area (Å²) < 4.78 is 35.5. The lowest BCUT2D eigenvalue weighted by Crippen LogP contribution is -2.41. The molecule has 4 aliphatic heterocycles. The summed E-state index contributed by atoms with van der Waals surface area (Å²) >= 11 is 0. The number of amides is 1. The number of nitro groups is 1. The van der Waals surface area contributed by atoms with Crippen molar-refractivity contribution in [2.75, 3.05) is 22.5 Å². The van der Waals surface area contributed by atoms with Crippen molar-refractivity contribution >= 4 is 72.1 Å². The smallest absolute Gasteiger partial charge is 0.399 e. The van der Waals surface area contributed by atoms with E-state index in [2.05, 4.69) is 5.32 Å². The molecule has 0 atom stereocenters. The molecule has 3 aromatic carbocycles.